The number of aryl methyl sites for hydroxylation is 3. The molecule has 0 radical (unpaired) electrons. The summed E-state index contributed by atoms with van der Waals surface area (Å²) in [6.07, 6.45) is 1.42. The van der Waals surface area contributed by atoms with Gasteiger partial charge in [0.05, 0.1) is 5.69 Å². The Labute approximate surface area is 111 Å². The number of aromatic hydroxyl groups is 1. The van der Waals surface area contributed by atoms with Crippen LogP contribution in [0.5, 0.6) is 5.75 Å². The zero-order valence-corrected chi connectivity index (χ0v) is 11.7. The molecule has 19 heavy (non-hydrogen) atoms. The number of rotatable bonds is 3. The molecule has 0 fully saturated rings. The summed E-state index contributed by atoms with van der Waals surface area (Å²) in [7, 11) is -2.09. The van der Waals surface area contributed by atoms with Gasteiger partial charge in [-0.2, -0.15) is 8.42 Å². The largest absolute Gasteiger partial charge is 0.506 e. The molecular formula is C12H15N3O3S. The Kier molecular flexibility index (Phi) is 3.23. The zero-order valence-electron chi connectivity index (χ0n) is 10.9. The molecule has 0 saturated heterocycles. The third kappa shape index (κ3) is 2.55. The molecule has 1 heterocycles. The van der Waals surface area contributed by atoms with Gasteiger partial charge in [-0.15, -0.1) is 0 Å². The van der Waals surface area contributed by atoms with Crippen molar-refractivity contribution in [2.24, 2.45) is 7.05 Å². The first-order valence-electron chi connectivity index (χ1n) is 5.62. The highest BCUT2D eigenvalue weighted by Gasteiger charge is 2.20. The van der Waals surface area contributed by atoms with Gasteiger partial charge in [-0.3, -0.25) is 4.72 Å². The minimum atomic E-state index is -3.80. The van der Waals surface area contributed by atoms with Crippen LogP contribution in [0.15, 0.2) is 29.4 Å². The standard InChI is InChI=1S/C12H15N3O3S/c1-8-5-4-6-10(16)12(8)14-19(17,18)11-7-15(3)9(2)13-11/h4-7,14,16H,1-3H3. The molecular weight excluding hydrogens is 266 g/mol. The van der Waals surface area contributed by atoms with Crippen molar-refractivity contribution in [2.75, 3.05) is 4.72 Å². The Morgan fingerprint density at radius 2 is 2.00 bits per heavy atom. The lowest BCUT2D eigenvalue weighted by Crippen LogP contribution is -2.14. The molecule has 7 heteroatoms. The number of benzene rings is 1. The number of hydrogen-bond donors (Lipinski definition) is 2. The third-order valence-electron chi connectivity index (χ3n) is 2.85. The van der Waals surface area contributed by atoms with Crippen LogP contribution < -0.4 is 4.72 Å². The second-order valence-corrected chi connectivity index (χ2v) is 5.94. The normalized spacial score (nSPS) is 11.5. The Bertz CT molecular complexity index is 680. The van der Waals surface area contributed by atoms with Crippen LogP contribution >= 0.6 is 0 Å². The van der Waals surface area contributed by atoms with Crippen molar-refractivity contribution in [3.63, 3.8) is 0 Å². The topological polar surface area (TPSA) is 84.2 Å². The van der Waals surface area contributed by atoms with Crippen molar-refractivity contribution < 1.29 is 13.5 Å². The SMILES string of the molecule is Cc1cccc(O)c1NS(=O)(=O)c1cn(C)c(C)n1. The van der Waals surface area contributed by atoms with Gasteiger partial charge in [-0.1, -0.05) is 12.1 Å². The summed E-state index contributed by atoms with van der Waals surface area (Å²) in [4.78, 5) is 3.97. The number of phenolic OH excluding ortho intramolecular Hbond substituents is 1. The maximum atomic E-state index is 12.2. The van der Waals surface area contributed by atoms with Crippen molar-refractivity contribution in [1.82, 2.24) is 9.55 Å². The molecule has 1 aromatic heterocycles. The molecule has 0 aliphatic rings. The Hall–Kier alpha value is -2.02. The number of nitrogens with zero attached hydrogens (tertiary/aromatic N) is 2. The predicted molar refractivity (Wildman–Crippen MR) is 71.6 cm³/mol. The molecule has 102 valence electrons. The maximum absolute atomic E-state index is 12.2. The summed E-state index contributed by atoms with van der Waals surface area (Å²) in [6, 6.07) is 4.78. The van der Waals surface area contributed by atoms with E-state index < -0.39 is 10.0 Å². The number of imidazole rings is 1. The van der Waals surface area contributed by atoms with E-state index in [-0.39, 0.29) is 16.5 Å². The Morgan fingerprint density at radius 3 is 2.53 bits per heavy atom. The average Bonchev–Trinajstić information content (AvgIpc) is 2.66. The van der Waals surface area contributed by atoms with E-state index >= 15 is 0 Å². The lowest BCUT2D eigenvalue weighted by Gasteiger charge is -2.10. The summed E-state index contributed by atoms with van der Waals surface area (Å²) in [5.74, 6) is 0.477. The van der Waals surface area contributed by atoms with E-state index in [1.54, 1.807) is 37.6 Å². The summed E-state index contributed by atoms with van der Waals surface area (Å²) in [6.45, 7) is 3.42. The Balaban J connectivity index is 2.42. The van der Waals surface area contributed by atoms with Crippen LogP contribution in [0.1, 0.15) is 11.4 Å². The Morgan fingerprint density at radius 1 is 1.32 bits per heavy atom. The van der Waals surface area contributed by atoms with Gasteiger partial charge in [0.15, 0.2) is 5.03 Å². The van der Waals surface area contributed by atoms with Gasteiger partial charge in [-0.25, -0.2) is 4.98 Å². The van der Waals surface area contributed by atoms with Crippen LogP contribution in [-0.2, 0) is 17.1 Å². The van der Waals surface area contributed by atoms with Gasteiger partial charge in [0.2, 0.25) is 0 Å². The first kappa shape index (κ1) is 13.4. The van der Waals surface area contributed by atoms with Crippen LogP contribution in [0.4, 0.5) is 5.69 Å². The third-order valence-corrected chi connectivity index (χ3v) is 4.07. The van der Waals surface area contributed by atoms with E-state index in [0.29, 0.717) is 11.4 Å². The molecule has 2 N–H and O–H groups in total. The highest BCUT2D eigenvalue weighted by molar-refractivity contribution is 7.92. The van der Waals surface area contributed by atoms with Gasteiger partial charge >= 0.3 is 0 Å². The van der Waals surface area contributed by atoms with E-state index in [0.717, 1.165) is 0 Å². The molecule has 2 aromatic rings. The van der Waals surface area contributed by atoms with E-state index in [9.17, 15) is 13.5 Å². The second kappa shape index (κ2) is 4.58. The van der Waals surface area contributed by atoms with E-state index in [2.05, 4.69) is 9.71 Å². The molecule has 2 rings (SSSR count). The van der Waals surface area contributed by atoms with Crippen molar-refractivity contribution in [1.29, 1.82) is 0 Å². The first-order chi connectivity index (χ1) is 8.81. The van der Waals surface area contributed by atoms with Gasteiger partial charge in [0, 0.05) is 13.2 Å². The molecule has 0 aliphatic heterocycles. The first-order valence-corrected chi connectivity index (χ1v) is 7.11. The number of phenols is 1. The average molecular weight is 281 g/mol. The fraction of sp³-hybridized carbons (Fsp3) is 0.250. The van der Waals surface area contributed by atoms with Crippen molar-refractivity contribution in [3.8, 4) is 5.75 Å². The molecule has 0 atom stereocenters. The summed E-state index contributed by atoms with van der Waals surface area (Å²) in [5.41, 5.74) is 0.807. The number of aromatic nitrogens is 2. The number of nitrogens with one attached hydrogen (secondary N) is 1. The number of hydrogen-bond acceptors (Lipinski definition) is 4. The highest BCUT2D eigenvalue weighted by Crippen LogP contribution is 2.28. The van der Waals surface area contributed by atoms with Crippen LogP contribution in [-0.4, -0.2) is 23.1 Å². The lowest BCUT2D eigenvalue weighted by molar-refractivity contribution is 0.477. The van der Waals surface area contributed by atoms with Gasteiger partial charge < -0.3 is 9.67 Å². The molecule has 0 amide bonds. The van der Waals surface area contributed by atoms with Crippen molar-refractivity contribution in [2.45, 2.75) is 18.9 Å². The molecule has 6 nitrogen and oxygen atoms in total. The van der Waals surface area contributed by atoms with E-state index in [4.69, 9.17) is 0 Å². The van der Waals surface area contributed by atoms with Gasteiger partial charge in [-0.05, 0) is 25.5 Å². The van der Waals surface area contributed by atoms with Crippen LogP contribution in [0, 0.1) is 13.8 Å². The molecule has 0 aliphatic carbocycles. The minimum Gasteiger partial charge on any atom is -0.506 e. The summed E-state index contributed by atoms with van der Waals surface area (Å²) in [5, 5.41) is 9.63. The van der Waals surface area contributed by atoms with E-state index in [1.165, 1.54) is 12.3 Å². The van der Waals surface area contributed by atoms with E-state index in [1.807, 2.05) is 0 Å². The molecule has 0 unspecified atom stereocenters. The molecule has 0 bridgehead atoms. The monoisotopic (exact) mass is 281 g/mol. The number of sulfonamides is 1. The summed E-state index contributed by atoms with van der Waals surface area (Å²) < 4.78 is 28.3. The van der Waals surface area contributed by atoms with Crippen molar-refractivity contribution >= 4 is 15.7 Å². The summed E-state index contributed by atoms with van der Waals surface area (Å²) >= 11 is 0. The van der Waals surface area contributed by atoms with Gasteiger partial charge in [0.25, 0.3) is 10.0 Å². The lowest BCUT2D eigenvalue weighted by atomic mass is 10.2. The predicted octanol–water partition coefficient (Wildman–Crippen LogP) is 1.54. The number of para-hydroxylation sites is 1. The highest BCUT2D eigenvalue weighted by atomic mass is 32.2. The van der Waals surface area contributed by atoms with Gasteiger partial charge in [0.1, 0.15) is 11.6 Å². The fourth-order valence-electron chi connectivity index (χ4n) is 1.63. The quantitative estimate of drug-likeness (QED) is 0.836. The van der Waals surface area contributed by atoms with Crippen molar-refractivity contribution in [3.05, 3.63) is 35.8 Å². The number of anilines is 1. The molecule has 1 aromatic carbocycles. The van der Waals surface area contributed by atoms with Crippen LogP contribution in [0.25, 0.3) is 0 Å². The second-order valence-electron chi connectivity index (χ2n) is 4.31. The smallest absolute Gasteiger partial charge is 0.281 e. The maximum Gasteiger partial charge on any atom is 0.281 e. The zero-order chi connectivity index (χ0) is 14.2. The molecule has 0 spiro atoms. The van der Waals surface area contributed by atoms with Crippen LogP contribution in [0.2, 0.25) is 0 Å². The molecule has 0 saturated carbocycles. The van der Waals surface area contributed by atoms with Crippen LogP contribution in [0.3, 0.4) is 0 Å². The minimum absolute atomic E-state index is 0.0739. The fourth-order valence-corrected chi connectivity index (χ4v) is 2.82.